The van der Waals surface area contributed by atoms with Gasteiger partial charge in [0.25, 0.3) is 0 Å². The van der Waals surface area contributed by atoms with Crippen LogP contribution in [0.3, 0.4) is 0 Å². The summed E-state index contributed by atoms with van der Waals surface area (Å²) in [4.78, 5) is 8.24. The summed E-state index contributed by atoms with van der Waals surface area (Å²) in [6.45, 7) is 2.24. The molecule has 9 N–H and O–H groups in total. The fraction of sp³-hybridized carbons (Fsp3) is 0.364. The number of nitrogens with two attached hydrogens (primary N) is 2. The van der Waals surface area contributed by atoms with Crippen molar-refractivity contribution >= 4 is 17.2 Å². The van der Waals surface area contributed by atoms with Crippen molar-refractivity contribution < 1.29 is 20.3 Å². The van der Waals surface area contributed by atoms with Gasteiger partial charge in [-0.25, -0.2) is 21.3 Å². The van der Waals surface area contributed by atoms with Crippen LogP contribution >= 0.6 is 0 Å². The molecule has 0 radical (unpaired) electrons. The number of aromatic nitrogens is 6. The number of hydrogen-bond donors (Lipinski definition) is 7. The van der Waals surface area contributed by atoms with E-state index in [0.29, 0.717) is 18.2 Å². The van der Waals surface area contributed by atoms with Crippen molar-refractivity contribution in [3.8, 4) is 5.75 Å². The normalized spacial score (nSPS) is 12.6. The van der Waals surface area contributed by atoms with Crippen LogP contribution < -0.4 is 17.1 Å². The summed E-state index contributed by atoms with van der Waals surface area (Å²) >= 11 is 0. The molecule has 190 valence electrons. The zero-order chi connectivity index (χ0) is 25.6. The van der Waals surface area contributed by atoms with E-state index in [0.717, 1.165) is 22.8 Å². The van der Waals surface area contributed by atoms with Crippen LogP contribution in [0.2, 0.25) is 0 Å². The van der Waals surface area contributed by atoms with Crippen LogP contribution in [0.25, 0.3) is 5.52 Å². The lowest BCUT2D eigenvalue weighted by atomic mass is 10.0. The van der Waals surface area contributed by atoms with E-state index in [1.165, 1.54) is 31.4 Å². The van der Waals surface area contributed by atoms with E-state index in [1.807, 2.05) is 12.3 Å². The molecule has 35 heavy (non-hydrogen) atoms. The molecule has 0 spiro atoms. The Labute approximate surface area is 202 Å². The third kappa shape index (κ3) is 7.70. The predicted molar refractivity (Wildman–Crippen MR) is 129 cm³/mol. The largest absolute Gasteiger partial charge is 0.506 e. The molecular formula is C22H33N9O4. The van der Waals surface area contributed by atoms with Crippen molar-refractivity contribution in [3.05, 3.63) is 59.9 Å². The first-order chi connectivity index (χ1) is 17.1. The first-order valence-corrected chi connectivity index (χ1v) is 10.9. The maximum absolute atomic E-state index is 8.86. The van der Waals surface area contributed by atoms with Gasteiger partial charge in [0.05, 0.1) is 18.0 Å². The first-order valence-electron chi connectivity index (χ1n) is 10.9. The summed E-state index contributed by atoms with van der Waals surface area (Å²) in [5.41, 5.74) is 3.67. The molecule has 0 saturated heterocycles. The molecule has 0 aromatic carbocycles. The number of methoxy groups -OCH3 is 1. The number of nitrogens with one attached hydrogen (secondary N) is 2. The van der Waals surface area contributed by atoms with E-state index in [2.05, 4.69) is 48.4 Å². The second kappa shape index (κ2) is 14.6. The van der Waals surface area contributed by atoms with Gasteiger partial charge >= 0.3 is 0 Å². The minimum Gasteiger partial charge on any atom is -0.506 e. The number of fused-ring (bicyclic) bond motifs is 1. The SMILES string of the molecule is COCc1cc2c(Nc3cc(C4CCCC4)[nH]n3)nccn2n1.Cc1ncccc1O.NO.NO. The van der Waals surface area contributed by atoms with Gasteiger partial charge < -0.3 is 25.6 Å². The van der Waals surface area contributed by atoms with Gasteiger partial charge in [-0.05, 0) is 38.0 Å². The summed E-state index contributed by atoms with van der Waals surface area (Å²) in [7, 11) is 1.66. The third-order valence-electron chi connectivity index (χ3n) is 5.35. The highest BCUT2D eigenvalue weighted by Crippen LogP contribution is 2.34. The Morgan fingerprint density at radius 2 is 1.89 bits per heavy atom. The van der Waals surface area contributed by atoms with E-state index in [4.69, 9.17) is 20.3 Å². The lowest BCUT2D eigenvalue weighted by Crippen LogP contribution is -1.98. The number of aryl methyl sites for hydroxylation is 1. The Kier molecular flexibility index (Phi) is 11.5. The number of hydrogen-bond acceptors (Lipinski definition) is 11. The van der Waals surface area contributed by atoms with Crippen molar-refractivity contribution in [1.29, 1.82) is 0 Å². The molecule has 13 heteroatoms. The summed E-state index contributed by atoms with van der Waals surface area (Å²) in [5.74, 6) is 9.41. The van der Waals surface area contributed by atoms with Crippen LogP contribution in [0.15, 0.2) is 42.9 Å². The summed E-state index contributed by atoms with van der Waals surface area (Å²) < 4.78 is 6.94. The lowest BCUT2D eigenvalue weighted by molar-refractivity contribution is 0.181. The van der Waals surface area contributed by atoms with Crippen molar-refractivity contribution in [3.63, 3.8) is 0 Å². The average molecular weight is 488 g/mol. The van der Waals surface area contributed by atoms with Gasteiger partial charge in [-0.3, -0.25) is 10.1 Å². The number of ether oxygens (including phenoxy) is 1. The van der Waals surface area contributed by atoms with Gasteiger partial charge in [0.15, 0.2) is 11.6 Å². The molecule has 1 saturated carbocycles. The number of pyridine rings is 1. The van der Waals surface area contributed by atoms with Crippen LogP contribution in [0.5, 0.6) is 5.75 Å². The quantitative estimate of drug-likeness (QED) is 0.204. The van der Waals surface area contributed by atoms with Crippen LogP contribution in [0.4, 0.5) is 11.6 Å². The molecule has 13 nitrogen and oxygen atoms in total. The molecule has 0 bridgehead atoms. The molecule has 4 aromatic heterocycles. The topological polar surface area (TPSA) is 206 Å². The second-order valence-corrected chi connectivity index (χ2v) is 7.60. The van der Waals surface area contributed by atoms with E-state index in [-0.39, 0.29) is 5.75 Å². The zero-order valence-corrected chi connectivity index (χ0v) is 19.8. The van der Waals surface area contributed by atoms with E-state index in [1.54, 1.807) is 43.1 Å². The van der Waals surface area contributed by atoms with Gasteiger partial charge in [0.1, 0.15) is 11.3 Å². The van der Waals surface area contributed by atoms with E-state index in [9.17, 15) is 0 Å². The van der Waals surface area contributed by atoms with Crippen molar-refractivity contribution in [2.75, 3.05) is 12.4 Å². The number of anilines is 2. The minimum atomic E-state index is 0.257. The molecule has 0 amide bonds. The fourth-order valence-electron chi connectivity index (χ4n) is 3.73. The van der Waals surface area contributed by atoms with Crippen molar-refractivity contribution in [1.82, 2.24) is 29.8 Å². The van der Waals surface area contributed by atoms with Crippen LogP contribution in [0.1, 0.15) is 48.7 Å². The summed E-state index contributed by atoms with van der Waals surface area (Å²) in [6.07, 6.45) is 10.3. The monoisotopic (exact) mass is 487 g/mol. The molecule has 0 atom stereocenters. The van der Waals surface area contributed by atoms with Crippen LogP contribution in [-0.4, -0.2) is 52.4 Å². The van der Waals surface area contributed by atoms with Gasteiger partial charge in [-0.2, -0.15) is 10.2 Å². The molecular weight excluding hydrogens is 454 g/mol. The summed E-state index contributed by atoms with van der Waals surface area (Å²) in [6, 6.07) is 7.38. The number of nitrogens with zero attached hydrogens (tertiary/aromatic N) is 5. The van der Waals surface area contributed by atoms with Gasteiger partial charge in [0, 0.05) is 43.4 Å². The van der Waals surface area contributed by atoms with E-state index < -0.39 is 0 Å². The fourth-order valence-corrected chi connectivity index (χ4v) is 3.73. The molecule has 4 heterocycles. The molecule has 1 aliphatic carbocycles. The smallest absolute Gasteiger partial charge is 0.157 e. The highest BCUT2D eigenvalue weighted by molar-refractivity contribution is 5.72. The maximum Gasteiger partial charge on any atom is 0.157 e. The molecule has 0 aliphatic heterocycles. The molecule has 0 unspecified atom stereocenters. The van der Waals surface area contributed by atoms with E-state index >= 15 is 0 Å². The summed E-state index contributed by atoms with van der Waals surface area (Å²) in [5, 5.41) is 37.1. The standard InChI is InChI=1S/C16H20N6O.C6H7NO.2H3NO/c1-23-10-12-8-14-16(17-6-7-22(14)21-12)18-15-9-13(19-20-15)11-4-2-3-5-11;1-5-6(8)3-2-4-7-5;2*1-2/h6-9,11H,2-5,10H2,1H3,(H2,17,18,19,20);2-4,8H,1H3;2*2H,1H2. The predicted octanol–water partition coefficient (Wildman–Crippen LogP) is 2.76. The first kappa shape index (κ1) is 27.6. The Morgan fingerprint density at radius 1 is 1.14 bits per heavy atom. The Morgan fingerprint density at radius 3 is 2.51 bits per heavy atom. The molecule has 5 rings (SSSR count). The average Bonchev–Trinajstić information content (AvgIpc) is 3.65. The minimum absolute atomic E-state index is 0.257. The number of rotatable bonds is 5. The number of aromatic hydroxyl groups is 1. The van der Waals surface area contributed by atoms with Gasteiger partial charge in [-0.1, -0.05) is 12.8 Å². The molecule has 1 aliphatic rings. The lowest BCUT2D eigenvalue weighted by Gasteiger charge is -2.04. The van der Waals surface area contributed by atoms with Crippen molar-refractivity contribution in [2.45, 2.75) is 45.1 Å². The second-order valence-electron chi connectivity index (χ2n) is 7.60. The van der Waals surface area contributed by atoms with Crippen molar-refractivity contribution in [2.24, 2.45) is 11.8 Å². The van der Waals surface area contributed by atoms with Gasteiger partial charge in [0.2, 0.25) is 0 Å². The number of H-pyrrole nitrogens is 1. The third-order valence-corrected chi connectivity index (χ3v) is 5.35. The Hall–Kier alpha value is -3.62. The maximum atomic E-state index is 8.86. The van der Waals surface area contributed by atoms with Crippen LogP contribution in [0, 0.1) is 6.92 Å². The Balaban J connectivity index is 0.000000303. The molecule has 1 fully saturated rings. The zero-order valence-electron chi connectivity index (χ0n) is 19.8. The Bertz CT molecular complexity index is 1120. The molecule has 4 aromatic rings. The highest BCUT2D eigenvalue weighted by Gasteiger charge is 2.19. The van der Waals surface area contributed by atoms with Crippen LogP contribution in [-0.2, 0) is 11.3 Å². The highest BCUT2D eigenvalue weighted by atomic mass is 16.5. The number of aromatic amines is 1. The van der Waals surface area contributed by atoms with Gasteiger partial charge in [-0.15, -0.1) is 0 Å².